The molecule has 1 aliphatic heterocycles. The topological polar surface area (TPSA) is 139 Å². The largest absolute Gasteiger partial charge is 0.276 e. The maximum absolute atomic E-state index is 12.6. The standard InChI is InChI=1S/C19H22N4O6S2/c1-14-5-8-18(13-19(14)23(24)25)30(26,27)21-20-15(2)16-6-9-17(10-7-16)31(28,29)22-11-3-4-12-22/h5-10,13,21H,3-4,11-12H2,1-2H3/b20-15+. The Morgan fingerprint density at radius 2 is 1.61 bits per heavy atom. The van der Waals surface area contributed by atoms with E-state index >= 15 is 0 Å². The van der Waals surface area contributed by atoms with Gasteiger partial charge in [-0.05, 0) is 50.5 Å². The van der Waals surface area contributed by atoms with Crippen molar-refractivity contribution in [2.45, 2.75) is 36.5 Å². The highest BCUT2D eigenvalue weighted by molar-refractivity contribution is 7.89. The summed E-state index contributed by atoms with van der Waals surface area (Å²) in [5.41, 5.74) is 0.860. The van der Waals surface area contributed by atoms with Gasteiger partial charge in [0.2, 0.25) is 10.0 Å². The van der Waals surface area contributed by atoms with Crippen LogP contribution in [0.2, 0.25) is 0 Å². The number of hydrogen-bond acceptors (Lipinski definition) is 7. The second kappa shape index (κ2) is 8.73. The lowest BCUT2D eigenvalue weighted by atomic mass is 10.1. The van der Waals surface area contributed by atoms with Gasteiger partial charge in [0.15, 0.2) is 0 Å². The summed E-state index contributed by atoms with van der Waals surface area (Å²) < 4.78 is 51.5. The van der Waals surface area contributed by atoms with Gasteiger partial charge in [0.1, 0.15) is 0 Å². The minimum Gasteiger partial charge on any atom is -0.258 e. The van der Waals surface area contributed by atoms with Gasteiger partial charge in [-0.2, -0.15) is 22.7 Å². The van der Waals surface area contributed by atoms with Crippen molar-refractivity contribution in [1.82, 2.24) is 9.14 Å². The molecule has 166 valence electrons. The Morgan fingerprint density at radius 3 is 2.19 bits per heavy atom. The van der Waals surface area contributed by atoms with Gasteiger partial charge in [0, 0.05) is 24.7 Å². The molecule has 1 heterocycles. The zero-order chi connectivity index (χ0) is 22.8. The number of nitrogens with one attached hydrogen (secondary N) is 1. The van der Waals surface area contributed by atoms with Crippen LogP contribution in [0.1, 0.15) is 30.9 Å². The normalized spacial score (nSPS) is 15.7. The van der Waals surface area contributed by atoms with Crippen LogP contribution in [-0.4, -0.2) is 44.9 Å². The van der Waals surface area contributed by atoms with Crippen LogP contribution in [0.4, 0.5) is 5.69 Å². The summed E-state index contributed by atoms with van der Waals surface area (Å²) in [7, 11) is -7.66. The molecule has 0 aliphatic carbocycles. The monoisotopic (exact) mass is 466 g/mol. The van der Waals surface area contributed by atoms with E-state index < -0.39 is 25.0 Å². The van der Waals surface area contributed by atoms with Crippen molar-refractivity contribution in [3.8, 4) is 0 Å². The summed E-state index contributed by atoms with van der Waals surface area (Å²) >= 11 is 0. The Morgan fingerprint density at radius 1 is 1.03 bits per heavy atom. The van der Waals surface area contributed by atoms with E-state index in [0.29, 0.717) is 29.9 Å². The summed E-state index contributed by atoms with van der Waals surface area (Å²) in [4.78, 5) is 12.3. The first kappa shape index (κ1) is 22.8. The number of benzene rings is 2. The first-order chi connectivity index (χ1) is 14.5. The van der Waals surface area contributed by atoms with Crippen LogP contribution in [0.15, 0.2) is 57.4 Å². The zero-order valence-electron chi connectivity index (χ0n) is 17.0. The number of nitrogens with zero attached hydrogens (tertiary/aromatic N) is 3. The predicted molar refractivity (Wildman–Crippen MR) is 115 cm³/mol. The lowest BCUT2D eigenvalue weighted by Crippen LogP contribution is -2.27. The quantitative estimate of drug-likeness (QED) is 0.378. The molecule has 10 nitrogen and oxygen atoms in total. The Hall–Kier alpha value is -2.83. The van der Waals surface area contributed by atoms with Gasteiger partial charge in [-0.15, -0.1) is 0 Å². The second-order valence-electron chi connectivity index (χ2n) is 7.13. The summed E-state index contributed by atoms with van der Waals surface area (Å²) in [6, 6.07) is 9.59. The molecule has 0 aromatic heterocycles. The highest BCUT2D eigenvalue weighted by Crippen LogP contribution is 2.23. The van der Waals surface area contributed by atoms with Crippen LogP contribution < -0.4 is 4.83 Å². The molecule has 0 atom stereocenters. The van der Waals surface area contributed by atoms with E-state index in [1.807, 2.05) is 0 Å². The van der Waals surface area contributed by atoms with E-state index in [4.69, 9.17) is 0 Å². The molecule has 0 amide bonds. The molecule has 0 radical (unpaired) electrons. The van der Waals surface area contributed by atoms with Crippen molar-refractivity contribution in [2.75, 3.05) is 13.1 Å². The lowest BCUT2D eigenvalue weighted by Gasteiger charge is -2.15. The van der Waals surface area contributed by atoms with Crippen molar-refractivity contribution in [1.29, 1.82) is 0 Å². The third-order valence-electron chi connectivity index (χ3n) is 5.00. The summed E-state index contributed by atoms with van der Waals surface area (Å²) in [5, 5.41) is 14.9. The van der Waals surface area contributed by atoms with Gasteiger partial charge in [-0.1, -0.05) is 18.2 Å². The van der Waals surface area contributed by atoms with Gasteiger partial charge < -0.3 is 0 Å². The van der Waals surface area contributed by atoms with Crippen LogP contribution >= 0.6 is 0 Å². The van der Waals surface area contributed by atoms with E-state index in [0.717, 1.165) is 18.9 Å². The first-order valence-corrected chi connectivity index (χ1v) is 12.4. The van der Waals surface area contributed by atoms with Crippen LogP contribution in [0, 0.1) is 17.0 Å². The van der Waals surface area contributed by atoms with Crippen molar-refractivity contribution in [3.63, 3.8) is 0 Å². The predicted octanol–water partition coefficient (Wildman–Crippen LogP) is 2.39. The summed E-state index contributed by atoms with van der Waals surface area (Å²) in [6.45, 7) is 4.08. The average Bonchev–Trinajstić information content (AvgIpc) is 3.28. The first-order valence-electron chi connectivity index (χ1n) is 9.44. The number of hydrogen-bond donors (Lipinski definition) is 1. The van der Waals surface area contributed by atoms with Crippen molar-refractivity contribution in [3.05, 3.63) is 63.7 Å². The number of rotatable bonds is 7. The SMILES string of the molecule is C/C(=N\NS(=O)(=O)c1ccc(C)c([N+](=O)[O-])c1)c1ccc(S(=O)(=O)N2CCCC2)cc1. The maximum atomic E-state index is 12.6. The van der Waals surface area contributed by atoms with E-state index in [2.05, 4.69) is 9.93 Å². The highest BCUT2D eigenvalue weighted by Gasteiger charge is 2.27. The molecule has 0 bridgehead atoms. The second-order valence-corrected chi connectivity index (χ2v) is 10.7. The van der Waals surface area contributed by atoms with Crippen molar-refractivity contribution >= 4 is 31.4 Å². The fourth-order valence-corrected chi connectivity index (χ4v) is 5.54. The van der Waals surface area contributed by atoms with Crippen LogP contribution in [0.5, 0.6) is 0 Å². The summed E-state index contributed by atoms with van der Waals surface area (Å²) in [5.74, 6) is 0. The molecule has 0 unspecified atom stereocenters. The fourth-order valence-electron chi connectivity index (χ4n) is 3.14. The Kier molecular flexibility index (Phi) is 6.43. The minimum atomic E-state index is -4.12. The maximum Gasteiger partial charge on any atom is 0.276 e. The van der Waals surface area contributed by atoms with Crippen molar-refractivity contribution < 1.29 is 21.8 Å². The number of aryl methyl sites for hydroxylation is 1. The number of sulfonamides is 2. The van der Waals surface area contributed by atoms with Crippen LogP contribution in [-0.2, 0) is 20.0 Å². The molecule has 2 aromatic carbocycles. The molecule has 31 heavy (non-hydrogen) atoms. The Bertz CT molecular complexity index is 1230. The number of nitro groups is 1. The Labute approximate surface area is 180 Å². The molecule has 1 aliphatic rings. The Balaban J connectivity index is 1.78. The highest BCUT2D eigenvalue weighted by atomic mass is 32.2. The van der Waals surface area contributed by atoms with E-state index in [-0.39, 0.29) is 15.5 Å². The van der Waals surface area contributed by atoms with Crippen molar-refractivity contribution in [2.24, 2.45) is 5.10 Å². The van der Waals surface area contributed by atoms with Gasteiger partial charge in [-0.25, -0.2) is 8.42 Å². The molecular formula is C19H22N4O6S2. The molecule has 1 saturated heterocycles. The molecular weight excluding hydrogens is 444 g/mol. The molecule has 2 aromatic rings. The number of hydrazone groups is 1. The van der Waals surface area contributed by atoms with E-state index in [1.165, 1.54) is 35.5 Å². The van der Waals surface area contributed by atoms with E-state index in [9.17, 15) is 26.9 Å². The number of nitro benzene ring substituents is 1. The molecule has 0 saturated carbocycles. The third kappa shape index (κ3) is 4.92. The lowest BCUT2D eigenvalue weighted by molar-refractivity contribution is -0.385. The minimum absolute atomic E-state index is 0.165. The smallest absolute Gasteiger partial charge is 0.258 e. The molecule has 0 spiro atoms. The fraction of sp³-hybridized carbons (Fsp3) is 0.316. The average molecular weight is 467 g/mol. The van der Waals surface area contributed by atoms with Gasteiger partial charge in [-0.3, -0.25) is 10.1 Å². The van der Waals surface area contributed by atoms with Gasteiger partial charge >= 0.3 is 0 Å². The summed E-state index contributed by atoms with van der Waals surface area (Å²) in [6.07, 6.45) is 1.68. The molecule has 12 heteroatoms. The van der Waals surface area contributed by atoms with Crippen LogP contribution in [0.3, 0.4) is 0 Å². The zero-order valence-corrected chi connectivity index (χ0v) is 18.6. The van der Waals surface area contributed by atoms with Gasteiger partial charge in [0.05, 0.1) is 20.4 Å². The third-order valence-corrected chi connectivity index (χ3v) is 8.12. The van der Waals surface area contributed by atoms with E-state index in [1.54, 1.807) is 19.1 Å². The molecule has 1 N–H and O–H groups in total. The molecule has 1 fully saturated rings. The van der Waals surface area contributed by atoms with Gasteiger partial charge in [0.25, 0.3) is 15.7 Å². The van der Waals surface area contributed by atoms with Crippen LogP contribution in [0.25, 0.3) is 0 Å². The molecule has 3 rings (SSSR count).